The summed E-state index contributed by atoms with van der Waals surface area (Å²) in [5, 5.41) is 1.37. The Kier molecular flexibility index (Phi) is 9.69. The molecule has 4 rings (SSSR count). The van der Waals surface area contributed by atoms with Gasteiger partial charge in [0.15, 0.2) is 0 Å². The predicted molar refractivity (Wildman–Crippen MR) is 160 cm³/mol. The number of esters is 1. The molecular weight excluding hydrogens is 482 g/mol. The first-order valence-electron chi connectivity index (χ1n) is 13.5. The second-order valence-corrected chi connectivity index (χ2v) is 15.3. The van der Waals surface area contributed by atoms with Crippen LogP contribution in [0.3, 0.4) is 0 Å². The standard InChI is InChI=1S/C34H39NO2Si/c1-37-34(36)33(35(26-29-18-10-5-11-19-29)27-30-20-12-6-13-21-30)32(25-24-28-16-8-4-9-17-28)38(2,3)31-22-14-7-15-23-31/h4-23,32-33H,24-27H2,1-3H3/t32-,33-/m0/s1. The quantitative estimate of drug-likeness (QED) is 0.151. The van der Waals surface area contributed by atoms with E-state index in [0.29, 0.717) is 13.1 Å². The Labute approximate surface area is 229 Å². The summed E-state index contributed by atoms with van der Waals surface area (Å²) < 4.78 is 5.57. The fourth-order valence-electron chi connectivity index (χ4n) is 5.54. The number of carbonyl (C=O) groups excluding carboxylic acids is 1. The SMILES string of the molecule is COC(=O)[C@H]([C@H](CCc1ccccc1)[Si](C)(C)c1ccccc1)N(Cc1ccccc1)Cc1ccccc1. The Bertz CT molecular complexity index is 1210. The van der Waals surface area contributed by atoms with Gasteiger partial charge in [-0.2, -0.15) is 0 Å². The van der Waals surface area contributed by atoms with E-state index < -0.39 is 8.07 Å². The van der Waals surface area contributed by atoms with Gasteiger partial charge < -0.3 is 4.74 Å². The zero-order chi connectivity index (χ0) is 26.8. The molecule has 0 aliphatic carbocycles. The van der Waals surface area contributed by atoms with Crippen LogP contribution in [0.1, 0.15) is 23.1 Å². The van der Waals surface area contributed by atoms with Gasteiger partial charge in [-0.25, -0.2) is 0 Å². The highest BCUT2D eigenvalue weighted by Gasteiger charge is 2.45. The molecule has 0 aliphatic heterocycles. The first-order chi connectivity index (χ1) is 18.5. The Hall–Kier alpha value is -3.47. The van der Waals surface area contributed by atoms with Crippen molar-refractivity contribution in [3.05, 3.63) is 138 Å². The molecule has 3 nitrogen and oxygen atoms in total. The number of aryl methyl sites for hydroxylation is 1. The van der Waals surface area contributed by atoms with Crippen LogP contribution in [0.4, 0.5) is 0 Å². The third-order valence-corrected chi connectivity index (χ3v) is 12.0. The van der Waals surface area contributed by atoms with Crippen LogP contribution in [-0.2, 0) is 29.0 Å². The maximum absolute atomic E-state index is 13.8. The Morgan fingerprint density at radius 2 is 1.11 bits per heavy atom. The maximum Gasteiger partial charge on any atom is 0.323 e. The van der Waals surface area contributed by atoms with Gasteiger partial charge in [0.1, 0.15) is 6.04 Å². The highest BCUT2D eigenvalue weighted by atomic mass is 28.3. The molecule has 4 heteroatoms. The van der Waals surface area contributed by atoms with E-state index in [1.807, 2.05) is 12.1 Å². The van der Waals surface area contributed by atoms with Crippen LogP contribution in [0.25, 0.3) is 0 Å². The number of hydrogen-bond acceptors (Lipinski definition) is 3. The van der Waals surface area contributed by atoms with Crippen molar-refractivity contribution in [3.8, 4) is 0 Å². The van der Waals surface area contributed by atoms with Crippen molar-refractivity contribution in [2.75, 3.05) is 7.11 Å². The van der Waals surface area contributed by atoms with Crippen molar-refractivity contribution < 1.29 is 9.53 Å². The van der Waals surface area contributed by atoms with E-state index in [2.05, 4.69) is 127 Å². The highest BCUT2D eigenvalue weighted by Crippen LogP contribution is 2.36. The number of methoxy groups -OCH3 is 1. The van der Waals surface area contributed by atoms with Gasteiger partial charge in [-0.3, -0.25) is 9.69 Å². The molecule has 0 saturated carbocycles. The van der Waals surface area contributed by atoms with Crippen molar-refractivity contribution in [3.63, 3.8) is 0 Å². The van der Waals surface area contributed by atoms with Crippen molar-refractivity contribution >= 4 is 19.2 Å². The first-order valence-corrected chi connectivity index (χ1v) is 16.6. The lowest BCUT2D eigenvalue weighted by Crippen LogP contribution is -2.56. The molecular formula is C34H39NO2Si. The molecule has 0 aliphatic rings. The van der Waals surface area contributed by atoms with Crippen LogP contribution in [0.15, 0.2) is 121 Å². The zero-order valence-corrected chi connectivity index (χ0v) is 23.8. The van der Waals surface area contributed by atoms with Gasteiger partial charge in [-0.05, 0) is 35.1 Å². The minimum Gasteiger partial charge on any atom is -0.468 e. The van der Waals surface area contributed by atoms with E-state index in [1.54, 1.807) is 0 Å². The fourth-order valence-corrected chi connectivity index (χ4v) is 9.02. The summed E-state index contributed by atoms with van der Waals surface area (Å²) in [6.45, 7) is 6.18. The first kappa shape index (κ1) is 27.6. The molecule has 0 amide bonds. The average molecular weight is 522 g/mol. The Morgan fingerprint density at radius 3 is 1.55 bits per heavy atom. The smallest absolute Gasteiger partial charge is 0.323 e. The van der Waals surface area contributed by atoms with E-state index in [-0.39, 0.29) is 17.6 Å². The summed E-state index contributed by atoms with van der Waals surface area (Å²) in [4.78, 5) is 16.2. The summed E-state index contributed by atoms with van der Waals surface area (Å²) in [5.74, 6) is -0.147. The minimum absolute atomic E-state index is 0.144. The average Bonchev–Trinajstić information content (AvgIpc) is 2.96. The number of hydrogen-bond donors (Lipinski definition) is 0. The molecule has 0 heterocycles. The molecule has 196 valence electrons. The summed E-state index contributed by atoms with van der Waals surface area (Å²) in [6.07, 6.45) is 1.84. The Morgan fingerprint density at radius 1 is 0.684 bits per heavy atom. The van der Waals surface area contributed by atoms with Gasteiger partial charge in [0.25, 0.3) is 0 Å². The topological polar surface area (TPSA) is 29.5 Å². The molecule has 0 N–H and O–H groups in total. The van der Waals surface area contributed by atoms with Gasteiger partial charge in [-0.15, -0.1) is 0 Å². The number of nitrogens with zero attached hydrogens (tertiary/aromatic N) is 1. The van der Waals surface area contributed by atoms with Crippen LogP contribution in [-0.4, -0.2) is 32.1 Å². The van der Waals surface area contributed by atoms with Crippen LogP contribution in [0.2, 0.25) is 18.6 Å². The number of carbonyl (C=O) groups is 1. The lowest BCUT2D eigenvalue weighted by Gasteiger charge is -2.42. The normalized spacial score (nSPS) is 13.2. The largest absolute Gasteiger partial charge is 0.468 e. The molecule has 0 spiro atoms. The molecule has 38 heavy (non-hydrogen) atoms. The molecule has 0 unspecified atom stereocenters. The van der Waals surface area contributed by atoms with Crippen molar-refractivity contribution in [2.24, 2.45) is 0 Å². The molecule has 0 aromatic heterocycles. The lowest BCUT2D eigenvalue weighted by molar-refractivity contribution is -0.148. The van der Waals surface area contributed by atoms with Crippen LogP contribution >= 0.6 is 0 Å². The van der Waals surface area contributed by atoms with E-state index in [4.69, 9.17) is 4.74 Å². The minimum atomic E-state index is -2.14. The molecule has 0 bridgehead atoms. The van der Waals surface area contributed by atoms with Gasteiger partial charge in [0.2, 0.25) is 0 Å². The zero-order valence-electron chi connectivity index (χ0n) is 22.8. The number of ether oxygens (including phenoxy) is 1. The van der Waals surface area contributed by atoms with Gasteiger partial charge in [0, 0.05) is 13.1 Å². The third kappa shape index (κ3) is 7.09. The molecule has 0 saturated heterocycles. The highest BCUT2D eigenvalue weighted by molar-refractivity contribution is 6.91. The lowest BCUT2D eigenvalue weighted by atomic mass is 10.0. The van der Waals surface area contributed by atoms with Crippen molar-refractivity contribution in [2.45, 2.75) is 50.6 Å². The number of rotatable bonds is 12. The fraction of sp³-hybridized carbons (Fsp3) is 0.265. The number of benzene rings is 4. The second kappa shape index (κ2) is 13.4. The Balaban J connectivity index is 1.78. The third-order valence-electron chi connectivity index (χ3n) is 7.71. The van der Waals surface area contributed by atoms with E-state index in [0.717, 1.165) is 12.8 Å². The molecule has 4 aromatic carbocycles. The second-order valence-electron chi connectivity index (χ2n) is 10.6. The van der Waals surface area contributed by atoms with Crippen molar-refractivity contribution in [1.29, 1.82) is 0 Å². The summed E-state index contributed by atoms with van der Waals surface area (Å²) in [6, 6.07) is 42.0. The van der Waals surface area contributed by atoms with Crippen LogP contribution < -0.4 is 5.19 Å². The summed E-state index contributed by atoms with van der Waals surface area (Å²) >= 11 is 0. The van der Waals surface area contributed by atoms with Gasteiger partial charge in [-0.1, -0.05) is 140 Å². The monoisotopic (exact) mass is 521 g/mol. The van der Waals surface area contributed by atoms with Crippen molar-refractivity contribution in [1.82, 2.24) is 4.90 Å². The van der Waals surface area contributed by atoms with Gasteiger partial charge in [0.05, 0.1) is 15.2 Å². The van der Waals surface area contributed by atoms with Gasteiger partial charge >= 0.3 is 5.97 Å². The molecule has 0 radical (unpaired) electrons. The maximum atomic E-state index is 13.8. The summed E-state index contributed by atoms with van der Waals surface area (Å²) in [5.41, 5.74) is 3.83. The molecule has 4 aromatic rings. The van der Waals surface area contributed by atoms with Crippen LogP contribution in [0, 0.1) is 0 Å². The van der Waals surface area contributed by atoms with Crippen LogP contribution in [0.5, 0.6) is 0 Å². The van der Waals surface area contributed by atoms with E-state index in [9.17, 15) is 4.79 Å². The van der Waals surface area contributed by atoms with E-state index in [1.165, 1.54) is 29.0 Å². The molecule has 0 fully saturated rings. The molecule has 2 atom stereocenters. The summed E-state index contributed by atoms with van der Waals surface area (Å²) in [7, 11) is -0.613. The van der Waals surface area contributed by atoms with E-state index >= 15 is 0 Å². The predicted octanol–water partition coefficient (Wildman–Crippen LogP) is 6.85.